The first-order valence-corrected chi connectivity index (χ1v) is 7.43. The van der Waals surface area contributed by atoms with Gasteiger partial charge in [0.2, 0.25) is 0 Å². The number of nitrogens with zero attached hydrogens (tertiary/aromatic N) is 2. The van der Waals surface area contributed by atoms with Crippen molar-refractivity contribution in [2.75, 3.05) is 4.43 Å². The molecule has 0 aliphatic rings. The van der Waals surface area contributed by atoms with Crippen LogP contribution in [0.1, 0.15) is 24.5 Å². The van der Waals surface area contributed by atoms with E-state index in [0.717, 1.165) is 24.5 Å². The normalized spacial score (nSPS) is 12.8. The number of halogens is 1. The van der Waals surface area contributed by atoms with Gasteiger partial charge >= 0.3 is 0 Å². The maximum Gasteiger partial charge on any atom is 0.106 e. The van der Waals surface area contributed by atoms with Crippen LogP contribution >= 0.6 is 22.6 Å². The van der Waals surface area contributed by atoms with Crippen LogP contribution in [0, 0.1) is 5.92 Å². The third kappa shape index (κ3) is 4.14. The van der Waals surface area contributed by atoms with E-state index in [-0.39, 0.29) is 0 Å². The summed E-state index contributed by atoms with van der Waals surface area (Å²) in [6, 6.07) is 0. The van der Waals surface area contributed by atoms with E-state index in [4.69, 9.17) is 0 Å². The van der Waals surface area contributed by atoms with Gasteiger partial charge in [-0.25, -0.2) is 9.97 Å². The van der Waals surface area contributed by atoms with E-state index in [1.54, 1.807) is 0 Å². The van der Waals surface area contributed by atoms with Crippen LogP contribution in [0.15, 0.2) is 24.8 Å². The zero-order chi connectivity index (χ0) is 11.9. The lowest BCUT2D eigenvalue weighted by molar-refractivity contribution is 0.508. The van der Waals surface area contributed by atoms with E-state index < -0.39 is 0 Å². The van der Waals surface area contributed by atoms with E-state index in [2.05, 4.69) is 42.5 Å². The number of rotatable bonds is 7. The number of aryl methyl sites for hydroxylation is 1. The molecule has 0 saturated heterocycles. The Morgan fingerprint density at radius 1 is 1.12 bits per heavy atom. The molecule has 1 atom stereocenters. The number of alkyl halides is 1. The number of imidazole rings is 2. The Balaban J connectivity index is 1.72. The van der Waals surface area contributed by atoms with Crippen molar-refractivity contribution in [3.05, 3.63) is 36.4 Å². The molecule has 0 aromatic carbocycles. The van der Waals surface area contributed by atoms with Gasteiger partial charge in [0.1, 0.15) is 11.6 Å². The molecule has 0 radical (unpaired) electrons. The molecule has 0 fully saturated rings. The number of H-pyrrole nitrogens is 2. The predicted octanol–water partition coefficient (Wildman–Crippen LogP) is 2.75. The largest absolute Gasteiger partial charge is 0.349 e. The van der Waals surface area contributed by atoms with Gasteiger partial charge in [-0.15, -0.1) is 0 Å². The van der Waals surface area contributed by atoms with Crippen molar-refractivity contribution < 1.29 is 0 Å². The van der Waals surface area contributed by atoms with Crippen molar-refractivity contribution in [3.63, 3.8) is 0 Å². The molecular formula is C12H17IN4. The highest BCUT2D eigenvalue weighted by Gasteiger charge is 2.10. The highest BCUT2D eigenvalue weighted by Crippen LogP contribution is 2.16. The van der Waals surface area contributed by atoms with Gasteiger partial charge in [0.15, 0.2) is 0 Å². The fraction of sp³-hybridized carbons (Fsp3) is 0.500. The minimum Gasteiger partial charge on any atom is -0.349 e. The Morgan fingerprint density at radius 3 is 2.41 bits per heavy atom. The number of hydrogen-bond donors (Lipinski definition) is 2. The molecule has 4 nitrogen and oxygen atoms in total. The van der Waals surface area contributed by atoms with E-state index >= 15 is 0 Å². The third-order valence-electron chi connectivity index (χ3n) is 2.84. The van der Waals surface area contributed by atoms with Gasteiger partial charge in [0.25, 0.3) is 0 Å². The average Bonchev–Trinajstić information content (AvgIpc) is 3.00. The number of aromatic amines is 2. The molecule has 2 heterocycles. The summed E-state index contributed by atoms with van der Waals surface area (Å²) in [7, 11) is 0. The molecule has 5 heteroatoms. The standard InChI is InChI=1S/C12H17IN4/c13-9-10(8-12-16-6-7-17-12)2-1-3-11-14-4-5-15-11/h4-7,10H,1-3,8-9H2,(H,14,15)(H,16,17). The van der Waals surface area contributed by atoms with Crippen LogP contribution in [0.25, 0.3) is 0 Å². The van der Waals surface area contributed by atoms with Crippen molar-refractivity contribution in [1.29, 1.82) is 0 Å². The molecule has 0 aliphatic heterocycles. The summed E-state index contributed by atoms with van der Waals surface area (Å²) in [5, 5.41) is 0. The molecule has 0 aliphatic carbocycles. The Kier molecular flexibility index (Phi) is 5.03. The molecule has 0 saturated carbocycles. The molecule has 0 bridgehead atoms. The molecule has 2 rings (SSSR count). The number of aromatic nitrogens is 4. The van der Waals surface area contributed by atoms with Crippen LogP contribution in [-0.4, -0.2) is 24.4 Å². The SMILES string of the molecule is ICC(CCCc1ncc[nH]1)Cc1ncc[nH]1. The van der Waals surface area contributed by atoms with Gasteiger partial charge in [-0.05, 0) is 18.8 Å². The van der Waals surface area contributed by atoms with Crippen molar-refractivity contribution >= 4 is 22.6 Å². The number of hydrogen-bond acceptors (Lipinski definition) is 2. The number of nitrogens with one attached hydrogen (secondary N) is 2. The van der Waals surface area contributed by atoms with Gasteiger partial charge < -0.3 is 9.97 Å². The van der Waals surface area contributed by atoms with Crippen molar-refractivity contribution in [2.24, 2.45) is 5.92 Å². The molecule has 17 heavy (non-hydrogen) atoms. The smallest absolute Gasteiger partial charge is 0.106 e. The summed E-state index contributed by atoms with van der Waals surface area (Å²) in [5.41, 5.74) is 0. The molecule has 2 aromatic rings. The van der Waals surface area contributed by atoms with Gasteiger partial charge in [-0.3, -0.25) is 0 Å². The second-order valence-electron chi connectivity index (χ2n) is 4.19. The van der Waals surface area contributed by atoms with E-state index in [9.17, 15) is 0 Å². The topological polar surface area (TPSA) is 57.4 Å². The highest BCUT2D eigenvalue weighted by atomic mass is 127. The first kappa shape index (κ1) is 12.6. The Morgan fingerprint density at radius 2 is 1.82 bits per heavy atom. The summed E-state index contributed by atoms with van der Waals surface area (Å²) in [6.07, 6.45) is 11.9. The van der Waals surface area contributed by atoms with Crippen molar-refractivity contribution in [2.45, 2.75) is 25.7 Å². The summed E-state index contributed by atoms with van der Waals surface area (Å²) in [4.78, 5) is 14.8. The Hall–Kier alpha value is -0.850. The maximum absolute atomic E-state index is 4.28. The van der Waals surface area contributed by atoms with Crippen LogP contribution in [0.4, 0.5) is 0 Å². The third-order valence-corrected chi connectivity index (χ3v) is 4.08. The zero-order valence-corrected chi connectivity index (χ0v) is 11.9. The lowest BCUT2D eigenvalue weighted by Gasteiger charge is -2.11. The van der Waals surface area contributed by atoms with E-state index in [0.29, 0.717) is 5.92 Å². The van der Waals surface area contributed by atoms with Gasteiger partial charge in [0.05, 0.1) is 0 Å². The molecule has 2 N–H and O–H groups in total. The first-order chi connectivity index (χ1) is 8.38. The van der Waals surface area contributed by atoms with Crippen LogP contribution < -0.4 is 0 Å². The van der Waals surface area contributed by atoms with Crippen LogP contribution in [-0.2, 0) is 12.8 Å². The molecule has 2 aromatic heterocycles. The summed E-state index contributed by atoms with van der Waals surface area (Å²) >= 11 is 2.46. The fourth-order valence-electron chi connectivity index (χ4n) is 1.91. The van der Waals surface area contributed by atoms with Crippen molar-refractivity contribution in [3.8, 4) is 0 Å². The lowest BCUT2D eigenvalue weighted by Crippen LogP contribution is -2.08. The van der Waals surface area contributed by atoms with E-state index in [1.807, 2.05) is 24.8 Å². The average molecular weight is 344 g/mol. The van der Waals surface area contributed by atoms with Gasteiger partial charge in [-0.1, -0.05) is 22.6 Å². The van der Waals surface area contributed by atoms with E-state index in [1.165, 1.54) is 17.3 Å². The van der Waals surface area contributed by atoms with Crippen LogP contribution in [0.2, 0.25) is 0 Å². The Bertz CT molecular complexity index is 396. The minimum atomic E-state index is 0.705. The van der Waals surface area contributed by atoms with Gasteiger partial charge in [-0.2, -0.15) is 0 Å². The molecule has 0 amide bonds. The summed E-state index contributed by atoms with van der Waals surface area (Å²) in [5.74, 6) is 2.90. The van der Waals surface area contributed by atoms with Gasteiger partial charge in [0, 0.05) is 42.1 Å². The second-order valence-corrected chi connectivity index (χ2v) is 5.07. The maximum atomic E-state index is 4.28. The van der Waals surface area contributed by atoms with Crippen LogP contribution in [0.3, 0.4) is 0 Å². The Labute approximate surface area is 115 Å². The van der Waals surface area contributed by atoms with Crippen LogP contribution in [0.5, 0.6) is 0 Å². The highest BCUT2D eigenvalue weighted by molar-refractivity contribution is 14.1. The fourth-order valence-corrected chi connectivity index (χ4v) is 2.66. The van der Waals surface area contributed by atoms with Crippen molar-refractivity contribution in [1.82, 2.24) is 19.9 Å². The molecule has 0 spiro atoms. The quantitative estimate of drug-likeness (QED) is 0.599. The monoisotopic (exact) mass is 344 g/mol. The summed E-state index contributed by atoms with van der Waals surface area (Å²) < 4.78 is 1.18. The predicted molar refractivity (Wildman–Crippen MR) is 76.2 cm³/mol. The first-order valence-electron chi connectivity index (χ1n) is 5.91. The summed E-state index contributed by atoms with van der Waals surface area (Å²) in [6.45, 7) is 0. The lowest BCUT2D eigenvalue weighted by atomic mass is 10.00. The molecular weight excluding hydrogens is 327 g/mol. The molecule has 1 unspecified atom stereocenters. The minimum absolute atomic E-state index is 0.705. The molecule has 92 valence electrons. The zero-order valence-electron chi connectivity index (χ0n) is 9.69. The second kappa shape index (κ2) is 6.78.